The number of hydrogen-bond donors (Lipinski definition) is 3. The van der Waals surface area contributed by atoms with Crippen LogP contribution < -0.4 is 11.1 Å². The summed E-state index contributed by atoms with van der Waals surface area (Å²) in [5.74, 6) is -2.07. The van der Waals surface area contributed by atoms with Crippen molar-refractivity contribution in [1.29, 1.82) is 0 Å². The first kappa shape index (κ1) is 14.7. The predicted octanol–water partition coefficient (Wildman–Crippen LogP) is 1.12. The van der Waals surface area contributed by atoms with Gasteiger partial charge in [0.15, 0.2) is 5.13 Å². The Morgan fingerprint density at radius 3 is 2.67 bits per heavy atom. The van der Waals surface area contributed by atoms with Crippen molar-refractivity contribution in [2.75, 3.05) is 5.32 Å². The number of carbonyl (C=O) groups is 3. The summed E-state index contributed by atoms with van der Waals surface area (Å²) in [7, 11) is 0. The lowest BCUT2D eigenvalue weighted by molar-refractivity contribution is -0.136. The van der Waals surface area contributed by atoms with Crippen LogP contribution in [0.1, 0.15) is 26.4 Å². The molecule has 0 saturated heterocycles. The predicted molar refractivity (Wildman–Crippen MR) is 76.4 cm³/mol. The summed E-state index contributed by atoms with van der Waals surface area (Å²) < 4.78 is 0. The maximum atomic E-state index is 12.0. The SMILES string of the molecule is NC(=O)c1cccc(C(=O)Nc2nc(CC(=O)O)cs2)c1. The third kappa shape index (κ3) is 3.86. The van der Waals surface area contributed by atoms with Gasteiger partial charge >= 0.3 is 5.97 Å². The highest BCUT2D eigenvalue weighted by molar-refractivity contribution is 7.14. The third-order valence-corrected chi connectivity index (χ3v) is 3.32. The molecule has 0 fully saturated rings. The van der Waals surface area contributed by atoms with E-state index in [0.717, 1.165) is 11.3 Å². The van der Waals surface area contributed by atoms with Gasteiger partial charge in [0.25, 0.3) is 5.91 Å². The highest BCUT2D eigenvalue weighted by Gasteiger charge is 2.12. The maximum Gasteiger partial charge on any atom is 0.309 e. The minimum atomic E-state index is -0.993. The van der Waals surface area contributed by atoms with E-state index in [0.29, 0.717) is 10.8 Å². The Bertz CT molecular complexity index is 711. The monoisotopic (exact) mass is 305 g/mol. The van der Waals surface area contributed by atoms with E-state index in [1.165, 1.54) is 18.2 Å². The molecule has 0 bridgehead atoms. The molecule has 8 heteroatoms. The summed E-state index contributed by atoms with van der Waals surface area (Å²) in [5, 5.41) is 13.0. The zero-order chi connectivity index (χ0) is 15.4. The molecule has 2 aromatic rings. The van der Waals surface area contributed by atoms with E-state index in [1.807, 2.05) is 0 Å². The molecule has 2 rings (SSSR count). The lowest BCUT2D eigenvalue weighted by Gasteiger charge is -2.03. The van der Waals surface area contributed by atoms with Crippen molar-refractivity contribution >= 4 is 34.3 Å². The van der Waals surface area contributed by atoms with E-state index < -0.39 is 17.8 Å². The van der Waals surface area contributed by atoms with Crippen molar-refractivity contribution in [2.24, 2.45) is 5.73 Å². The molecule has 0 aliphatic rings. The van der Waals surface area contributed by atoms with Crippen molar-refractivity contribution in [3.05, 3.63) is 46.5 Å². The molecule has 1 aromatic carbocycles. The number of amides is 2. The first-order chi connectivity index (χ1) is 9.95. The van der Waals surface area contributed by atoms with E-state index in [4.69, 9.17) is 10.8 Å². The average molecular weight is 305 g/mol. The lowest BCUT2D eigenvalue weighted by atomic mass is 10.1. The third-order valence-electron chi connectivity index (χ3n) is 2.51. The van der Waals surface area contributed by atoms with Gasteiger partial charge in [-0.1, -0.05) is 6.07 Å². The number of primary amides is 1. The summed E-state index contributed by atoms with van der Waals surface area (Å²) in [4.78, 5) is 37.6. The van der Waals surface area contributed by atoms with Gasteiger partial charge in [0.1, 0.15) is 0 Å². The second-order valence-electron chi connectivity index (χ2n) is 4.11. The number of nitrogens with two attached hydrogens (primary N) is 1. The van der Waals surface area contributed by atoms with Gasteiger partial charge in [-0.2, -0.15) is 0 Å². The van der Waals surface area contributed by atoms with E-state index in [2.05, 4.69) is 10.3 Å². The Morgan fingerprint density at radius 2 is 2.00 bits per heavy atom. The molecule has 0 saturated carbocycles. The summed E-state index contributed by atoms with van der Waals surface area (Å²) in [6, 6.07) is 5.97. The fourth-order valence-electron chi connectivity index (χ4n) is 1.58. The summed E-state index contributed by atoms with van der Waals surface area (Å²) in [5.41, 5.74) is 6.01. The van der Waals surface area contributed by atoms with Gasteiger partial charge in [-0.05, 0) is 18.2 Å². The van der Waals surface area contributed by atoms with Gasteiger partial charge in [0, 0.05) is 16.5 Å². The molecule has 108 valence electrons. The summed E-state index contributed by atoms with van der Waals surface area (Å²) >= 11 is 1.13. The van der Waals surface area contributed by atoms with Crippen LogP contribution in [-0.2, 0) is 11.2 Å². The van der Waals surface area contributed by atoms with Crippen LogP contribution in [0.25, 0.3) is 0 Å². The van der Waals surface area contributed by atoms with Gasteiger partial charge in [-0.3, -0.25) is 19.7 Å². The Balaban J connectivity index is 2.10. The number of aromatic nitrogens is 1. The number of carboxylic acid groups (broad SMARTS) is 1. The number of nitrogens with zero attached hydrogens (tertiary/aromatic N) is 1. The Morgan fingerprint density at radius 1 is 1.29 bits per heavy atom. The zero-order valence-electron chi connectivity index (χ0n) is 10.7. The van der Waals surface area contributed by atoms with Gasteiger partial charge in [0.2, 0.25) is 5.91 Å². The molecule has 1 heterocycles. The molecule has 0 aliphatic heterocycles. The van der Waals surface area contributed by atoms with Gasteiger partial charge in [-0.15, -0.1) is 11.3 Å². The highest BCUT2D eigenvalue weighted by atomic mass is 32.1. The van der Waals surface area contributed by atoms with Crippen LogP contribution in [0.2, 0.25) is 0 Å². The van der Waals surface area contributed by atoms with Crippen LogP contribution in [0.4, 0.5) is 5.13 Å². The van der Waals surface area contributed by atoms with Crippen molar-refractivity contribution in [3.8, 4) is 0 Å². The minimum Gasteiger partial charge on any atom is -0.481 e. The van der Waals surface area contributed by atoms with Crippen molar-refractivity contribution in [2.45, 2.75) is 6.42 Å². The number of thiazole rings is 1. The number of benzene rings is 1. The lowest BCUT2D eigenvalue weighted by Crippen LogP contribution is -2.15. The Labute approximate surface area is 123 Å². The molecule has 7 nitrogen and oxygen atoms in total. The van der Waals surface area contributed by atoms with Crippen molar-refractivity contribution in [3.63, 3.8) is 0 Å². The van der Waals surface area contributed by atoms with E-state index in [1.54, 1.807) is 11.4 Å². The Hall–Kier alpha value is -2.74. The van der Waals surface area contributed by atoms with Crippen LogP contribution in [-0.4, -0.2) is 27.9 Å². The first-order valence-electron chi connectivity index (χ1n) is 5.83. The molecular formula is C13H11N3O4S. The van der Waals surface area contributed by atoms with Crippen molar-refractivity contribution < 1.29 is 19.5 Å². The highest BCUT2D eigenvalue weighted by Crippen LogP contribution is 2.17. The standard InChI is InChI=1S/C13H11N3O4S/c14-11(19)7-2-1-3-8(4-7)12(20)16-13-15-9(6-21-13)5-10(17)18/h1-4,6H,5H2,(H2,14,19)(H,17,18)(H,15,16,20). The normalized spacial score (nSPS) is 10.1. The largest absolute Gasteiger partial charge is 0.481 e. The number of nitrogens with one attached hydrogen (secondary N) is 1. The zero-order valence-corrected chi connectivity index (χ0v) is 11.5. The fraction of sp³-hybridized carbons (Fsp3) is 0.0769. The van der Waals surface area contributed by atoms with Crippen LogP contribution in [0, 0.1) is 0 Å². The number of aliphatic carboxylic acids is 1. The number of hydrogen-bond acceptors (Lipinski definition) is 5. The molecule has 0 radical (unpaired) electrons. The van der Waals surface area contributed by atoms with Crippen LogP contribution in [0.5, 0.6) is 0 Å². The number of rotatable bonds is 5. The molecule has 1 aromatic heterocycles. The number of anilines is 1. The van der Waals surface area contributed by atoms with E-state index >= 15 is 0 Å². The van der Waals surface area contributed by atoms with Gasteiger partial charge in [0.05, 0.1) is 12.1 Å². The van der Waals surface area contributed by atoms with E-state index in [-0.39, 0.29) is 17.5 Å². The molecule has 4 N–H and O–H groups in total. The molecular weight excluding hydrogens is 294 g/mol. The van der Waals surface area contributed by atoms with Gasteiger partial charge < -0.3 is 10.8 Å². The molecule has 0 unspecified atom stereocenters. The molecule has 21 heavy (non-hydrogen) atoms. The summed E-state index contributed by atoms with van der Waals surface area (Å²) in [6.45, 7) is 0. The maximum absolute atomic E-state index is 12.0. The quantitative estimate of drug-likeness (QED) is 0.764. The summed E-state index contributed by atoms with van der Waals surface area (Å²) in [6.07, 6.45) is -0.205. The number of carboxylic acids is 1. The molecule has 0 aliphatic carbocycles. The topological polar surface area (TPSA) is 122 Å². The fourth-order valence-corrected chi connectivity index (χ4v) is 2.29. The second-order valence-corrected chi connectivity index (χ2v) is 4.97. The van der Waals surface area contributed by atoms with Crippen LogP contribution >= 0.6 is 11.3 Å². The van der Waals surface area contributed by atoms with Crippen molar-refractivity contribution in [1.82, 2.24) is 4.98 Å². The van der Waals surface area contributed by atoms with Gasteiger partial charge in [-0.25, -0.2) is 4.98 Å². The first-order valence-corrected chi connectivity index (χ1v) is 6.71. The van der Waals surface area contributed by atoms with Crippen LogP contribution in [0.3, 0.4) is 0 Å². The molecule has 2 amide bonds. The molecule has 0 atom stereocenters. The Kier molecular flexibility index (Phi) is 4.29. The average Bonchev–Trinajstić information content (AvgIpc) is 2.85. The van der Waals surface area contributed by atoms with E-state index in [9.17, 15) is 14.4 Å². The molecule has 0 spiro atoms. The second kappa shape index (κ2) is 6.14. The minimum absolute atomic E-state index is 0.205. The number of carbonyl (C=O) groups excluding carboxylic acids is 2. The van der Waals surface area contributed by atoms with Crippen LogP contribution in [0.15, 0.2) is 29.6 Å². The smallest absolute Gasteiger partial charge is 0.309 e.